The summed E-state index contributed by atoms with van der Waals surface area (Å²) < 4.78 is 8.15. The smallest absolute Gasteiger partial charge is 0.216 e. The van der Waals surface area contributed by atoms with E-state index in [-0.39, 0.29) is 0 Å². The molecule has 0 bridgehead atoms. The molecule has 0 radical (unpaired) electrons. The summed E-state index contributed by atoms with van der Waals surface area (Å²) in [4.78, 5) is 0. The molecule has 1 fully saturated rings. The van der Waals surface area contributed by atoms with E-state index in [4.69, 9.17) is 16.6 Å². The quantitative estimate of drug-likeness (QED) is 0.585. The zero-order valence-corrected chi connectivity index (χ0v) is 13.1. The Bertz CT molecular complexity index is 914. The summed E-state index contributed by atoms with van der Waals surface area (Å²) in [5, 5.41) is 12.8. The maximum absolute atomic E-state index is 5.89. The second-order valence-electron chi connectivity index (χ2n) is 5.51. The highest BCUT2D eigenvalue weighted by Gasteiger charge is 2.29. The normalized spacial score (nSPS) is 15.1. The number of benzene rings is 1. The fourth-order valence-corrected chi connectivity index (χ4v) is 2.84. The van der Waals surface area contributed by atoms with Crippen molar-refractivity contribution in [2.75, 3.05) is 0 Å². The van der Waals surface area contributed by atoms with Gasteiger partial charge in [0.1, 0.15) is 11.3 Å². The number of H-pyrrole nitrogens is 1. The molecule has 6 heteroatoms. The zero-order chi connectivity index (χ0) is 15.1. The largest absolute Gasteiger partial charge is 0.460 e. The first-order chi connectivity index (χ1) is 10.8. The fraction of sp³-hybridized carbons (Fsp3) is 0.312. The molecule has 0 unspecified atom stereocenters. The number of aromatic amines is 1. The second-order valence-corrected chi connectivity index (χ2v) is 5.89. The molecule has 1 saturated carbocycles. The van der Waals surface area contributed by atoms with Crippen molar-refractivity contribution in [1.29, 1.82) is 0 Å². The van der Waals surface area contributed by atoms with Crippen molar-refractivity contribution < 1.29 is 4.42 Å². The molecule has 3 aromatic rings. The average molecular weight is 312 g/mol. The number of aryl methyl sites for hydroxylation is 1. The van der Waals surface area contributed by atoms with Gasteiger partial charge in [-0.05, 0) is 31.1 Å². The van der Waals surface area contributed by atoms with E-state index in [0.717, 1.165) is 47.4 Å². The van der Waals surface area contributed by atoms with Gasteiger partial charge in [-0.15, -0.1) is 0 Å². The van der Waals surface area contributed by atoms with Crippen LogP contribution in [0.3, 0.4) is 0 Å². The van der Waals surface area contributed by atoms with Crippen molar-refractivity contribution in [2.45, 2.75) is 32.1 Å². The van der Waals surface area contributed by atoms with Crippen molar-refractivity contribution in [2.24, 2.45) is 5.10 Å². The Morgan fingerprint density at radius 1 is 1.45 bits per heavy atom. The van der Waals surface area contributed by atoms with Crippen LogP contribution in [0.1, 0.15) is 42.8 Å². The molecule has 112 valence electrons. The molecule has 1 aromatic carbocycles. The molecule has 1 aliphatic rings. The molecule has 0 amide bonds. The number of hydrogen-bond donors (Lipinski definition) is 1. The maximum atomic E-state index is 5.89. The predicted molar refractivity (Wildman–Crippen MR) is 88.0 cm³/mol. The van der Waals surface area contributed by atoms with Crippen LogP contribution in [0.4, 0.5) is 0 Å². The summed E-state index contributed by atoms with van der Waals surface area (Å²) in [6, 6.07) is 8.01. The Hall–Kier alpha value is -2.21. The molecule has 0 aliphatic heterocycles. The number of nitrogens with one attached hydrogen (secondary N) is 1. The number of nitrogens with zero attached hydrogens (tertiary/aromatic N) is 3. The first-order valence-corrected chi connectivity index (χ1v) is 7.91. The number of fused-ring (bicyclic) bond motifs is 1. The Morgan fingerprint density at radius 2 is 2.27 bits per heavy atom. The molecular weight excluding hydrogens is 296 g/mol. The van der Waals surface area contributed by atoms with Crippen LogP contribution >= 0.6 is 12.2 Å². The topological polar surface area (TPSA) is 59.1 Å². The molecule has 5 nitrogen and oxygen atoms in total. The summed E-state index contributed by atoms with van der Waals surface area (Å²) in [6.45, 7) is 2.08. The van der Waals surface area contributed by atoms with Crippen molar-refractivity contribution in [1.82, 2.24) is 14.9 Å². The van der Waals surface area contributed by atoms with Crippen LogP contribution in [0, 0.1) is 4.77 Å². The van der Waals surface area contributed by atoms with E-state index in [2.05, 4.69) is 28.3 Å². The monoisotopic (exact) mass is 312 g/mol. The lowest BCUT2D eigenvalue weighted by Crippen LogP contribution is -1.98. The SMILES string of the molecule is CCc1oc2ccccc2c1/C=N\n1c(C2CC2)n[nH]c1=S. The van der Waals surface area contributed by atoms with Gasteiger partial charge in [0.05, 0.1) is 6.21 Å². The van der Waals surface area contributed by atoms with Crippen LogP contribution in [-0.2, 0) is 6.42 Å². The van der Waals surface area contributed by atoms with E-state index in [1.807, 2.05) is 24.4 Å². The van der Waals surface area contributed by atoms with Gasteiger partial charge < -0.3 is 4.42 Å². The van der Waals surface area contributed by atoms with Crippen molar-refractivity contribution in [3.63, 3.8) is 0 Å². The van der Waals surface area contributed by atoms with Gasteiger partial charge in [-0.2, -0.15) is 14.9 Å². The summed E-state index contributed by atoms with van der Waals surface area (Å²) >= 11 is 5.28. The molecule has 0 saturated heterocycles. The van der Waals surface area contributed by atoms with Crippen molar-refractivity contribution >= 4 is 29.4 Å². The lowest BCUT2D eigenvalue weighted by Gasteiger charge is -1.98. The van der Waals surface area contributed by atoms with E-state index in [1.165, 1.54) is 0 Å². The third-order valence-corrected chi connectivity index (χ3v) is 4.22. The molecule has 2 heterocycles. The molecule has 22 heavy (non-hydrogen) atoms. The number of hydrogen-bond acceptors (Lipinski definition) is 4. The van der Waals surface area contributed by atoms with Gasteiger partial charge in [-0.3, -0.25) is 5.10 Å². The highest BCUT2D eigenvalue weighted by Crippen LogP contribution is 2.38. The standard InChI is InChI=1S/C16H16N4OS/c1-2-13-12(11-5-3-4-6-14(11)21-13)9-17-20-15(10-7-8-10)18-19-16(20)22/h3-6,9-10H,2,7-8H2,1H3,(H,19,22)/b17-9-. The van der Waals surface area contributed by atoms with Gasteiger partial charge in [0.25, 0.3) is 0 Å². The highest BCUT2D eigenvalue weighted by molar-refractivity contribution is 7.71. The van der Waals surface area contributed by atoms with Crippen LogP contribution in [0.5, 0.6) is 0 Å². The van der Waals surface area contributed by atoms with Crippen LogP contribution in [0.15, 0.2) is 33.8 Å². The average Bonchev–Trinajstić information content (AvgIpc) is 3.22. The number of aromatic nitrogens is 3. The van der Waals surface area contributed by atoms with Crippen LogP contribution in [0.2, 0.25) is 0 Å². The molecule has 1 aliphatic carbocycles. The van der Waals surface area contributed by atoms with Gasteiger partial charge in [0.15, 0.2) is 5.82 Å². The molecule has 0 spiro atoms. The summed E-state index contributed by atoms with van der Waals surface area (Å²) in [7, 11) is 0. The number of furan rings is 1. The van der Waals surface area contributed by atoms with E-state index < -0.39 is 0 Å². The summed E-state index contributed by atoms with van der Waals surface area (Å²) in [6.07, 6.45) is 4.97. The van der Waals surface area contributed by atoms with Gasteiger partial charge in [-0.25, -0.2) is 0 Å². The fourth-order valence-electron chi connectivity index (χ4n) is 2.66. The molecule has 1 N–H and O–H groups in total. The van der Waals surface area contributed by atoms with E-state index in [0.29, 0.717) is 10.7 Å². The van der Waals surface area contributed by atoms with Crippen LogP contribution in [0.25, 0.3) is 11.0 Å². The van der Waals surface area contributed by atoms with Gasteiger partial charge in [0, 0.05) is 23.3 Å². The lowest BCUT2D eigenvalue weighted by atomic mass is 10.1. The van der Waals surface area contributed by atoms with Crippen molar-refractivity contribution in [3.8, 4) is 0 Å². The Morgan fingerprint density at radius 3 is 3.05 bits per heavy atom. The van der Waals surface area contributed by atoms with E-state index in [9.17, 15) is 0 Å². The summed E-state index contributed by atoms with van der Waals surface area (Å²) in [5.74, 6) is 2.34. The Balaban J connectivity index is 1.80. The molecule has 0 atom stereocenters. The molecule has 4 rings (SSSR count). The Labute approximate surface area is 132 Å². The minimum absolute atomic E-state index is 0.483. The maximum Gasteiger partial charge on any atom is 0.216 e. The third-order valence-electron chi connectivity index (χ3n) is 3.95. The second kappa shape index (κ2) is 5.21. The zero-order valence-electron chi connectivity index (χ0n) is 12.2. The minimum Gasteiger partial charge on any atom is -0.460 e. The first kappa shape index (κ1) is 13.5. The van der Waals surface area contributed by atoms with Crippen molar-refractivity contribution in [3.05, 3.63) is 46.2 Å². The predicted octanol–water partition coefficient (Wildman–Crippen LogP) is 4.01. The first-order valence-electron chi connectivity index (χ1n) is 7.50. The van der Waals surface area contributed by atoms with Crippen LogP contribution in [-0.4, -0.2) is 21.1 Å². The number of rotatable bonds is 4. The van der Waals surface area contributed by atoms with Crippen LogP contribution < -0.4 is 0 Å². The van der Waals surface area contributed by atoms with E-state index >= 15 is 0 Å². The molecule has 2 aromatic heterocycles. The van der Waals surface area contributed by atoms with Gasteiger partial charge >= 0.3 is 0 Å². The van der Waals surface area contributed by atoms with E-state index in [1.54, 1.807) is 4.68 Å². The highest BCUT2D eigenvalue weighted by atomic mass is 32.1. The number of para-hydroxylation sites is 1. The summed E-state index contributed by atoms with van der Waals surface area (Å²) in [5.41, 5.74) is 1.90. The molecular formula is C16H16N4OS. The minimum atomic E-state index is 0.483. The van der Waals surface area contributed by atoms with Gasteiger partial charge in [0.2, 0.25) is 4.77 Å². The third kappa shape index (κ3) is 2.20. The lowest BCUT2D eigenvalue weighted by molar-refractivity contribution is 0.556. The van der Waals surface area contributed by atoms with Gasteiger partial charge in [-0.1, -0.05) is 25.1 Å². The Kier molecular flexibility index (Phi) is 3.18.